The van der Waals surface area contributed by atoms with Gasteiger partial charge in [0, 0.05) is 18.9 Å². The molecule has 7 heteroatoms. The van der Waals surface area contributed by atoms with Crippen LogP contribution in [-0.4, -0.2) is 28.7 Å². The summed E-state index contributed by atoms with van der Waals surface area (Å²) >= 11 is 3.16. The summed E-state index contributed by atoms with van der Waals surface area (Å²) in [6.45, 7) is 0.353. The van der Waals surface area contributed by atoms with Crippen LogP contribution in [-0.2, 0) is 0 Å². The van der Waals surface area contributed by atoms with Gasteiger partial charge in [-0.25, -0.2) is 9.97 Å². The molecule has 2 rings (SSSR count). The number of rotatable bonds is 1. The van der Waals surface area contributed by atoms with Crippen molar-refractivity contribution >= 4 is 21.9 Å². The molecule has 1 aliphatic rings. The molecule has 0 amide bonds. The molecule has 2 heterocycles. The molecular formula is C10H11BrF3N3. The van der Waals surface area contributed by atoms with Gasteiger partial charge in [0.2, 0.25) is 5.95 Å². The third-order valence-electron chi connectivity index (χ3n) is 2.74. The lowest BCUT2D eigenvalue weighted by Crippen LogP contribution is -2.49. The van der Waals surface area contributed by atoms with Gasteiger partial charge in [-0.15, -0.1) is 0 Å². The zero-order chi connectivity index (χ0) is 12.5. The molecule has 1 aromatic heterocycles. The van der Waals surface area contributed by atoms with Crippen LogP contribution in [0.1, 0.15) is 19.3 Å². The summed E-state index contributed by atoms with van der Waals surface area (Å²) < 4.78 is 39.2. The van der Waals surface area contributed by atoms with Gasteiger partial charge in [0.05, 0.1) is 4.47 Å². The van der Waals surface area contributed by atoms with E-state index in [2.05, 4.69) is 25.9 Å². The molecule has 1 atom stereocenters. The Balaban J connectivity index is 2.25. The number of hydrogen-bond donors (Lipinski definition) is 0. The number of nitrogens with zero attached hydrogens (tertiary/aromatic N) is 3. The van der Waals surface area contributed by atoms with E-state index in [-0.39, 0.29) is 12.4 Å². The molecule has 17 heavy (non-hydrogen) atoms. The van der Waals surface area contributed by atoms with E-state index in [0.29, 0.717) is 17.4 Å². The predicted molar refractivity (Wildman–Crippen MR) is 60.8 cm³/mol. The Morgan fingerprint density at radius 3 is 2.47 bits per heavy atom. The van der Waals surface area contributed by atoms with E-state index in [0.717, 1.165) is 6.42 Å². The minimum Gasteiger partial charge on any atom is -0.329 e. The minimum atomic E-state index is -4.23. The standard InChI is InChI=1S/C10H11BrF3N3/c11-7-5-15-9(16-6-7)17-4-2-1-3-8(17)10(12,13)14/h5-6,8H,1-4H2/t8-/m0/s1. The first-order chi connectivity index (χ1) is 7.98. The zero-order valence-electron chi connectivity index (χ0n) is 8.91. The highest BCUT2D eigenvalue weighted by molar-refractivity contribution is 9.10. The normalized spacial score (nSPS) is 21.6. The highest BCUT2D eigenvalue weighted by Gasteiger charge is 2.45. The van der Waals surface area contributed by atoms with Gasteiger partial charge in [-0.05, 0) is 35.2 Å². The number of anilines is 1. The zero-order valence-corrected chi connectivity index (χ0v) is 10.5. The first kappa shape index (κ1) is 12.6. The van der Waals surface area contributed by atoms with Crippen LogP contribution in [0.25, 0.3) is 0 Å². The van der Waals surface area contributed by atoms with Crippen LogP contribution in [0.15, 0.2) is 16.9 Å². The van der Waals surface area contributed by atoms with Gasteiger partial charge in [-0.2, -0.15) is 13.2 Å². The second-order valence-electron chi connectivity index (χ2n) is 3.95. The van der Waals surface area contributed by atoms with Crippen molar-refractivity contribution in [2.75, 3.05) is 11.4 Å². The van der Waals surface area contributed by atoms with Crippen LogP contribution >= 0.6 is 15.9 Å². The van der Waals surface area contributed by atoms with Crippen molar-refractivity contribution in [3.63, 3.8) is 0 Å². The predicted octanol–water partition coefficient (Wildman–Crippen LogP) is 3.16. The molecule has 0 unspecified atom stereocenters. The molecule has 1 aliphatic heterocycles. The van der Waals surface area contributed by atoms with Gasteiger partial charge in [-0.3, -0.25) is 0 Å². The Bertz CT molecular complexity index is 379. The molecule has 0 saturated carbocycles. The molecule has 94 valence electrons. The number of piperidine rings is 1. The van der Waals surface area contributed by atoms with Gasteiger partial charge < -0.3 is 4.90 Å². The van der Waals surface area contributed by atoms with E-state index in [1.54, 1.807) is 0 Å². The fourth-order valence-corrected chi connectivity index (χ4v) is 2.17. The van der Waals surface area contributed by atoms with E-state index in [9.17, 15) is 13.2 Å². The van der Waals surface area contributed by atoms with E-state index >= 15 is 0 Å². The maximum Gasteiger partial charge on any atom is 0.408 e. The SMILES string of the molecule is FC(F)(F)[C@@H]1CCCCN1c1ncc(Br)cn1. The maximum atomic E-state index is 12.8. The average Bonchev–Trinajstić information content (AvgIpc) is 2.29. The van der Waals surface area contributed by atoms with Gasteiger partial charge in [0.25, 0.3) is 0 Å². The topological polar surface area (TPSA) is 29.0 Å². The summed E-state index contributed by atoms with van der Waals surface area (Å²) in [6, 6.07) is -1.46. The van der Waals surface area contributed by atoms with Crippen molar-refractivity contribution in [2.45, 2.75) is 31.5 Å². The summed E-state index contributed by atoms with van der Waals surface area (Å²) in [5, 5.41) is 0. The van der Waals surface area contributed by atoms with Crippen LogP contribution in [0.4, 0.5) is 19.1 Å². The molecule has 0 aliphatic carbocycles. The summed E-state index contributed by atoms with van der Waals surface area (Å²) in [7, 11) is 0. The Kier molecular flexibility index (Phi) is 3.56. The fourth-order valence-electron chi connectivity index (χ4n) is 1.97. The number of halogens is 4. The summed E-state index contributed by atoms with van der Waals surface area (Å²) in [5.41, 5.74) is 0. The Morgan fingerprint density at radius 1 is 1.24 bits per heavy atom. The molecule has 0 aromatic carbocycles. The lowest BCUT2D eigenvalue weighted by Gasteiger charge is -2.36. The third kappa shape index (κ3) is 2.88. The molecule has 3 nitrogen and oxygen atoms in total. The second kappa shape index (κ2) is 4.80. The van der Waals surface area contributed by atoms with E-state index in [4.69, 9.17) is 0 Å². The Hall–Kier alpha value is -0.850. The molecule has 0 spiro atoms. The highest BCUT2D eigenvalue weighted by Crippen LogP contribution is 2.33. The number of aromatic nitrogens is 2. The first-order valence-electron chi connectivity index (χ1n) is 5.29. The van der Waals surface area contributed by atoms with Crippen LogP contribution in [0.5, 0.6) is 0 Å². The largest absolute Gasteiger partial charge is 0.408 e. The third-order valence-corrected chi connectivity index (χ3v) is 3.15. The van der Waals surface area contributed by atoms with E-state index < -0.39 is 12.2 Å². The van der Waals surface area contributed by atoms with Crippen LogP contribution in [0, 0.1) is 0 Å². The summed E-state index contributed by atoms with van der Waals surface area (Å²) in [6.07, 6.45) is 0.151. The van der Waals surface area contributed by atoms with Crippen molar-refractivity contribution in [3.05, 3.63) is 16.9 Å². The summed E-state index contributed by atoms with van der Waals surface area (Å²) in [4.78, 5) is 9.11. The van der Waals surface area contributed by atoms with Crippen molar-refractivity contribution in [1.29, 1.82) is 0 Å². The molecule has 1 aromatic rings. The van der Waals surface area contributed by atoms with Crippen molar-refractivity contribution in [3.8, 4) is 0 Å². The molecule has 0 N–H and O–H groups in total. The van der Waals surface area contributed by atoms with Crippen LogP contribution < -0.4 is 4.90 Å². The second-order valence-corrected chi connectivity index (χ2v) is 4.86. The maximum absolute atomic E-state index is 12.8. The van der Waals surface area contributed by atoms with E-state index in [1.807, 2.05) is 0 Å². The van der Waals surface area contributed by atoms with Crippen LogP contribution in [0.3, 0.4) is 0 Å². The quantitative estimate of drug-likeness (QED) is 0.798. The minimum absolute atomic E-state index is 0.114. The lowest BCUT2D eigenvalue weighted by atomic mass is 10.0. The highest BCUT2D eigenvalue weighted by atomic mass is 79.9. The molecular weight excluding hydrogens is 299 g/mol. The molecule has 1 saturated heterocycles. The van der Waals surface area contributed by atoms with Crippen LogP contribution in [0.2, 0.25) is 0 Å². The van der Waals surface area contributed by atoms with Crippen molar-refractivity contribution in [1.82, 2.24) is 9.97 Å². The van der Waals surface area contributed by atoms with E-state index in [1.165, 1.54) is 17.3 Å². The fraction of sp³-hybridized carbons (Fsp3) is 0.600. The van der Waals surface area contributed by atoms with Gasteiger partial charge in [0.15, 0.2) is 0 Å². The number of hydrogen-bond acceptors (Lipinski definition) is 3. The first-order valence-corrected chi connectivity index (χ1v) is 6.08. The summed E-state index contributed by atoms with van der Waals surface area (Å²) in [5.74, 6) is 0.148. The van der Waals surface area contributed by atoms with Gasteiger partial charge >= 0.3 is 6.18 Å². The number of alkyl halides is 3. The molecule has 0 bridgehead atoms. The lowest BCUT2D eigenvalue weighted by molar-refractivity contribution is -0.152. The monoisotopic (exact) mass is 309 g/mol. The smallest absolute Gasteiger partial charge is 0.329 e. The molecule has 0 radical (unpaired) electrons. The van der Waals surface area contributed by atoms with Crippen molar-refractivity contribution < 1.29 is 13.2 Å². The molecule has 1 fully saturated rings. The Labute approximate surface area is 105 Å². The van der Waals surface area contributed by atoms with Crippen molar-refractivity contribution in [2.24, 2.45) is 0 Å². The Morgan fingerprint density at radius 2 is 1.88 bits per heavy atom. The average molecular weight is 310 g/mol. The van der Waals surface area contributed by atoms with Gasteiger partial charge in [0.1, 0.15) is 6.04 Å². The van der Waals surface area contributed by atoms with Gasteiger partial charge in [-0.1, -0.05) is 0 Å².